The third-order valence-corrected chi connectivity index (χ3v) is 4.73. The number of benzene rings is 1. The zero-order chi connectivity index (χ0) is 16.2. The van der Waals surface area contributed by atoms with Gasteiger partial charge in [-0.25, -0.2) is 4.98 Å². The second kappa shape index (κ2) is 7.29. The van der Waals surface area contributed by atoms with Crippen molar-refractivity contribution in [2.45, 2.75) is 13.1 Å². The van der Waals surface area contributed by atoms with Gasteiger partial charge >= 0.3 is 0 Å². The third-order valence-electron chi connectivity index (χ3n) is 3.27. The minimum absolute atomic E-state index is 0.0270. The van der Waals surface area contributed by atoms with Crippen molar-refractivity contribution in [1.29, 1.82) is 0 Å². The van der Waals surface area contributed by atoms with Crippen LogP contribution in [0.4, 0.5) is 0 Å². The van der Waals surface area contributed by atoms with Crippen LogP contribution < -0.4 is 14.8 Å². The molecular weight excluding hydrogens is 382 g/mol. The number of fused-ring (bicyclic) bond motifs is 1. The predicted molar refractivity (Wildman–Crippen MR) is 90.6 cm³/mol. The summed E-state index contributed by atoms with van der Waals surface area (Å²) in [6.45, 7) is 1.68. The number of ether oxygens (including phenoxy) is 2. The number of nitrogens with one attached hydrogen (secondary N) is 1. The molecule has 0 spiro atoms. The van der Waals surface area contributed by atoms with Crippen molar-refractivity contribution in [3.05, 3.63) is 38.8 Å². The Hall–Kier alpha value is -1.64. The lowest BCUT2D eigenvalue weighted by atomic mass is 10.2. The number of carbonyl (C=O) groups excluding carboxylic acids is 1. The quantitative estimate of drug-likeness (QED) is 0.810. The molecule has 2 heterocycles. The highest BCUT2D eigenvalue weighted by molar-refractivity contribution is 9.11. The molecule has 122 valence electrons. The van der Waals surface area contributed by atoms with Gasteiger partial charge in [0, 0.05) is 6.54 Å². The minimum atomic E-state index is -0.0270. The number of amides is 1. The summed E-state index contributed by atoms with van der Waals surface area (Å²) < 4.78 is 11.6. The highest BCUT2D eigenvalue weighted by Gasteiger charge is 2.14. The van der Waals surface area contributed by atoms with E-state index in [0.717, 1.165) is 25.9 Å². The first-order chi connectivity index (χ1) is 11.1. The summed E-state index contributed by atoms with van der Waals surface area (Å²) in [5.41, 5.74) is 0.981. The molecule has 0 aliphatic carbocycles. The number of hydrogen-bond acceptors (Lipinski definition) is 6. The largest absolute Gasteiger partial charge is 0.454 e. The van der Waals surface area contributed by atoms with Crippen molar-refractivity contribution >= 4 is 33.2 Å². The van der Waals surface area contributed by atoms with Gasteiger partial charge in [-0.3, -0.25) is 9.69 Å². The van der Waals surface area contributed by atoms with Gasteiger partial charge in [0.05, 0.1) is 23.1 Å². The van der Waals surface area contributed by atoms with Gasteiger partial charge < -0.3 is 14.8 Å². The van der Waals surface area contributed by atoms with Crippen molar-refractivity contribution in [3.63, 3.8) is 0 Å². The molecule has 6 nitrogen and oxygen atoms in total. The van der Waals surface area contributed by atoms with Gasteiger partial charge in [-0.15, -0.1) is 11.3 Å². The van der Waals surface area contributed by atoms with Gasteiger partial charge in [0.25, 0.3) is 0 Å². The van der Waals surface area contributed by atoms with Gasteiger partial charge in [-0.05, 0) is 40.7 Å². The number of nitrogens with zero attached hydrogens (tertiary/aromatic N) is 2. The first-order valence-electron chi connectivity index (χ1n) is 7.04. The second-order valence-electron chi connectivity index (χ2n) is 5.19. The van der Waals surface area contributed by atoms with Gasteiger partial charge in [-0.1, -0.05) is 6.07 Å². The molecule has 1 aliphatic heterocycles. The predicted octanol–water partition coefficient (Wildman–Crippen LogP) is 2.38. The molecule has 0 bridgehead atoms. The molecule has 23 heavy (non-hydrogen) atoms. The smallest absolute Gasteiger partial charge is 0.234 e. The van der Waals surface area contributed by atoms with Crippen LogP contribution in [0.15, 0.2) is 28.2 Å². The van der Waals surface area contributed by atoms with Crippen LogP contribution in [-0.4, -0.2) is 36.2 Å². The minimum Gasteiger partial charge on any atom is -0.454 e. The summed E-state index contributed by atoms with van der Waals surface area (Å²) in [5.74, 6) is 1.44. The van der Waals surface area contributed by atoms with E-state index in [1.54, 1.807) is 17.5 Å². The summed E-state index contributed by atoms with van der Waals surface area (Å²) in [6.07, 6.45) is 1.77. The van der Waals surface area contributed by atoms with Gasteiger partial charge in [-0.2, -0.15) is 0 Å². The van der Waals surface area contributed by atoms with E-state index in [9.17, 15) is 4.79 Å². The van der Waals surface area contributed by atoms with Crippen LogP contribution in [0.1, 0.15) is 10.6 Å². The number of aromatic nitrogens is 1. The molecule has 0 unspecified atom stereocenters. The summed E-state index contributed by atoms with van der Waals surface area (Å²) in [7, 11) is 1.90. The van der Waals surface area contributed by atoms with Crippen molar-refractivity contribution in [2.75, 3.05) is 20.4 Å². The van der Waals surface area contributed by atoms with E-state index >= 15 is 0 Å². The molecule has 0 fully saturated rings. The Bertz CT molecular complexity index is 707. The molecule has 0 atom stereocenters. The highest BCUT2D eigenvalue weighted by Crippen LogP contribution is 2.32. The normalized spacial score (nSPS) is 12.7. The maximum atomic E-state index is 12.0. The zero-order valence-electron chi connectivity index (χ0n) is 12.5. The van der Waals surface area contributed by atoms with E-state index in [1.165, 1.54) is 0 Å². The monoisotopic (exact) mass is 397 g/mol. The van der Waals surface area contributed by atoms with Crippen molar-refractivity contribution in [1.82, 2.24) is 15.2 Å². The van der Waals surface area contributed by atoms with Crippen molar-refractivity contribution in [2.24, 2.45) is 0 Å². The fourth-order valence-electron chi connectivity index (χ4n) is 2.20. The van der Waals surface area contributed by atoms with Crippen molar-refractivity contribution in [3.8, 4) is 11.5 Å². The summed E-state index contributed by atoms with van der Waals surface area (Å²) in [5, 5.41) is 3.88. The first-order valence-corrected chi connectivity index (χ1v) is 8.65. The van der Waals surface area contributed by atoms with E-state index < -0.39 is 0 Å². The molecule has 0 saturated carbocycles. The Morgan fingerprint density at radius 1 is 1.43 bits per heavy atom. The Morgan fingerprint density at radius 3 is 3.04 bits per heavy atom. The summed E-state index contributed by atoms with van der Waals surface area (Å²) in [4.78, 5) is 18.2. The molecule has 1 aliphatic rings. The number of likely N-dealkylation sites (N-methyl/N-ethyl adjacent to an activating group) is 1. The van der Waals surface area contributed by atoms with Gasteiger partial charge in [0.15, 0.2) is 11.5 Å². The number of carbonyl (C=O) groups is 1. The van der Waals surface area contributed by atoms with Gasteiger partial charge in [0.1, 0.15) is 5.01 Å². The van der Waals surface area contributed by atoms with E-state index in [-0.39, 0.29) is 12.7 Å². The number of halogens is 1. The lowest BCUT2D eigenvalue weighted by Crippen LogP contribution is -2.34. The van der Waals surface area contributed by atoms with E-state index in [0.29, 0.717) is 19.6 Å². The van der Waals surface area contributed by atoms with E-state index in [2.05, 4.69) is 26.2 Å². The number of rotatable bonds is 6. The standard InChI is InChI=1S/C15H16BrN3O3S/c1-19(8-15-18-6-13(16)23-15)7-14(20)17-5-10-2-3-11-12(4-10)22-9-21-11/h2-4,6H,5,7-9H2,1H3,(H,17,20). The Kier molecular flexibility index (Phi) is 5.14. The molecule has 1 aromatic carbocycles. The average Bonchev–Trinajstić information content (AvgIpc) is 3.13. The number of thiazole rings is 1. The molecule has 0 saturated heterocycles. The van der Waals surface area contributed by atoms with E-state index in [1.807, 2.05) is 30.1 Å². The maximum absolute atomic E-state index is 12.0. The Morgan fingerprint density at radius 2 is 2.26 bits per heavy atom. The van der Waals surface area contributed by atoms with E-state index in [4.69, 9.17) is 9.47 Å². The van der Waals surface area contributed by atoms with Gasteiger partial charge in [0.2, 0.25) is 12.7 Å². The fraction of sp³-hybridized carbons (Fsp3) is 0.333. The molecule has 1 aromatic heterocycles. The molecule has 2 aromatic rings. The average molecular weight is 398 g/mol. The molecule has 0 radical (unpaired) electrons. The third kappa shape index (κ3) is 4.43. The van der Waals surface area contributed by atoms with Crippen LogP contribution in [0.3, 0.4) is 0 Å². The molecule has 1 N–H and O–H groups in total. The number of hydrogen-bond donors (Lipinski definition) is 1. The molecule has 1 amide bonds. The van der Waals surface area contributed by atoms with Crippen LogP contribution >= 0.6 is 27.3 Å². The second-order valence-corrected chi connectivity index (χ2v) is 7.69. The molecular formula is C15H16BrN3O3S. The fourth-order valence-corrected chi connectivity index (χ4v) is 3.58. The highest BCUT2D eigenvalue weighted by atomic mass is 79.9. The maximum Gasteiger partial charge on any atom is 0.234 e. The Labute approximate surface area is 146 Å². The van der Waals surface area contributed by atoms with Crippen LogP contribution in [0.5, 0.6) is 11.5 Å². The van der Waals surface area contributed by atoms with Crippen LogP contribution in [-0.2, 0) is 17.9 Å². The van der Waals surface area contributed by atoms with Crippen LogP contribution in [0.25, 0.3) is 0 Å². The van der Waals surface area contributed by atoms with Crippen molar-refractivity contribution < 1.29 is 14.3 Å². The molecule has 8 heteroatoms. The first kappa shape index (κ1) is 16.2. The summed E-state index contributed by atoms with van der Waals surface area (Å²) in [6, 6.07) is 5.67. The van der Waals surface area contributed by atoms with Crippen LogP contribution in [0.2, 0.25) is 0 Å². The zero-order valence-corrected chi connectivity index (χ0v) is 14.9. The lowest BCUT2D eigenvalue weighted by molar-refractivity contribution is -0.122. The SMILES string of the molecule is CN(CC(=O)NCc1ccc2c(c1)OCO2)Cc1ncc(Br)s1. The van der Waals surface area contributed by atoms with Crippen LogP contribution in [0, 0.1) is 0 Å². The topological polar surface area (TPSA) is 63.7 Å². The Balaban J connectivity index is 1.45. The molecule has 3 rings (SSSR count). The summed E-state index contributed by atoms with van der Waals surface area (Å²) >= 11 is 4.96. The lowest BCUT2D eigenvalue weighted by Gasteiger charge is -2.14.